The number of hydrogen-bond donors (Lipinski definition) is 3. The van der Waals surface area contributed by atoms with Gasteiger partial charge in [-0.1, -0.05) is 42.5 Å². The average Bonchev–Trinajstić information content (AvgIpc) is 2.60. The number of carbonyl (C=O) groups excluding carboxylic acids is 2. The van der Waals surface area contributed by atoms with Crippen molar-refractivity contribution in [1.29, 1.82) is 0 Å². The molecule has 0 radical (unpaired) electrons. The summed E-state index contributed by atoms with van der Waals surface area (Å²) in [7, 11) is 0. The summed E-state index contributed by atoms with van der Waals surface area (Å²) in [5, 5.41) is 14.9. The fourth-order valence-electron chi connectivity index (χ4n) is 2.66. The molecule has 5 nitrogen and oxygen atoms in total. The molecule has 5 heteroatoms. The molecule has 1 unspecified atom stereocenters. The SMILES string of the molecule is CC(=O)Nc1ccc(CC(=O)NCC(CCO)c2ccccc2)cc1. The molecule has 2 amide bonds. The summed E-state index contributed by atoms with van der Waals surface area (Å²) >= 11 is 0. The number of aliphatic hydroxyl groups is 1. The van der Waals surface area contributed by atoms with E-state index in [1.807, 2.05) is 42.5 Å². The van der Waals surface area contributed by atoms with Crippen LogP contribution in [-0.2, 0) is 16.0 Å². The Kier molecular flexibility index (Phi) is 7.16. The number of anilines is 1. The minimum Gasteiger partial charge on any atom is -0.396 e. The van der Waals surface area contributed by atoms with Crippen LogP contribution in [-0.4, -0.2) is 30.1 Å². The van der Waals surface area contributed by atoms with Gasteiger partial charge in [0.15, 0.2) is 0 Å². The van der Waals surface area contributed by atoms with Crippen LogP contribution >= 0.6 is 0 Å². The second-order valence-corrected chi connectivity index (χ2v) is 5.98. The molecule has 1 atom stereocenters. The molecule has 132 valence electrons. The number of hydrogen-bond acceptors (Lipinski definition) is 3. The average molecular weight is 340 g/mol. The molecule has 3 N–H and O–H groups in total. The summed E-state index contributed by atoms with van der Waals surface area (Å²) in [6, 6.07) is 17.1. The molecule has 2 rings (SSSR count). The molecule has 2 aromatic carbocycles. The molecule has 2 aromatic rings. The Morgan fingerprint density at radius 2 is 1.72 bits per heavy atom. The maximum atomic E-state index is 12.2. The second-order valence-electron chi connectivity index (χ2n) is 5.98. The van der Waals surface area contributed by atoms with Gasteiger partial charge in [0.05, 0.1) is 6.42 Å². The van der Waals surface area contributed by atoms with Gasteiger partial charge in [-0.25, -0.2) is 0 Å². The molecule has 0 aliphatic carbocycles. The molecule has 0 aliphatic rings. The van der Waals surface area contributed by atoms with Gasteiger partial charge in [0.25, 0.3) is 0 Å². The normalized spacial score (nSPS) is 11.6. The van der Waals surface area contributed by atoms with Gasteiger partial charge in [-0.3, -0.25) is 9.59 Å². The lowest BCUT2D eigenvalue weighted by Gasteiger charge is -2.17. The molecule has 0 fully saturated rings. The van der Waals surface area contributed by atoms with Crippen LogP contribution in [0, 0.1) is 0 Å². The van der Waals surface area contributed by atoms with Gasteiger partial charge in [-0.15, -0.1) is 0 Å². The fraction of sp³-hybridized carbons (Fsp3) is 0.300. The highest BCUT2D eigenvalue weighted by atomic mass is 16.3. The van der Waals surface area contributed by atoms with Crippen molar-refractivity contribution >= 4 is 17.5 Å². The van der Waals surface area contributed by atoms with Crippen LogP contribution in [0.2, 0.25) is 0 Å². The smallest absolute Gasteiger partial charge is 0.224 e. The lowest BCUT2D eigenvalue weighted by atomic mass is 9.96. The third kappa shape index (κ3) is 6.39. The molecule has 0 bridgehead atoms. The topological polar surface area (TPSA) is 78.4 Å². The van der Waals surface area contributed by atoms with E-state index in [1.54, 1.807) is 12.1 Å². The number of benzene rings is 2. The van der Waals surface area contributed by atoms with E-state index < -0.39 is 0 Å². The molecular formula is C20H24N2O3. The third-order valence-electron chi connectivity index (χ3n) is 3.93. The zero-order valence-corrected chi connectivity index (χ0v) is 14.4. The highest BCUT2D eigenvalue weighted by molar-refractivity contribution is 5.88. The molecule has 0 aliphatic heterocycles. The minimum absolute atomic E-state index is 0.0638. The van der Waals surface area contributed by atoms with Crippen molar-refractivity contribution in [2.45, 2.75) is 25.7 Å². The summed E-state index contributed by atoms with van der Waals surface area (Å²) < 4.78 is 0. The molecule has 0 aromatic heterocycles. The van der Waals surface area contributed by atoms with E-state index in [2.05, 4.69) is 10.6 Å². The molecular weight excluding hydrogens is 316 g/mol. The van der Waals surface area contributed by atoms with E-state index in [4.69, 9.17) is 0 Å². The van der Waals surface area contributed by atoms with Gasteiger partial charge in [-0.05, 0) is 29.7 Å². The van der Waals surface area contributed by atoms with Crippen LogP contribution in [0.5, 0.6) is 0 Å². The molecule has 0 spiro atoms. The Hall–Kier alpha value is -2.66. The van der Waals surface area contributed by atoms with E-state index in [9.17, 15) is 14.7 Å². The maximum absolute atomic E-state index is 12.2. The number of nitrogens with one attached hydrogen (secondary N) is 2. The van der Waals surface area contributed by atoms with Crippen LogP contribution in [0.3, 0.4) is 0 Å². The van der Waals surface area contributed by atoms with Gasteiger partial charge in [0.2, 0.25) is 11.8 Å². The van der Waals surface area contributed by atoms with Crippen molar-refractivity contribution < 1.29 is 14.7 Å². The Morgan fingerprint density at radius 3 is 2.32 bits per heavy atom. The Morgan fingerprint density at radius 1 is 1.04 bits per heavy atom. The number of aliphatic hydroxyl groups excluding tert-OH is 1. The summed E-state index contributed by atoms with van der Waals surface area (Å²) in [5.41, 5.74) is 2.70. The first-order valence-corrected chi connectivity index (χ1v) is 8.37. The van der Waals surface area contributed by atoms with E-state index in [0.717, 1.165) is 11.1 Å². The maximum Gasteiger partial charge on any atom is 0.224 e. The van der Waals surface area contributed by atoms with Gasteiger partial charge in [0, 0.05) is 31.7 Å². The van der Waals surface area contributed by atoms with E-state index in [-0.39, 0.29) is 30.8 Å². The standard InChI is InChI=1S/C20H24N2O3/c1-15(24)22-19-9-7-16(8-10-19)13-20(25)21-14-18(11-12-23)17-5-3-2-4-6-17/h2-10,18,23H,11-14H2,1H3,(H,21,25)(H,22,24). The van der Waals surface area contributed by atoms with Crippen LogP contribution in [0.25, 0.3) is 0 Å². The minimum atomic E-state index is -0.124. The molecule has 0 saturated heterocycles. The highest BCUT2D eigenvalue weighted by Gasteiger charge is 2.12. The van der Waals surface area contributed by atoms with Gasteiger partial charge in [0.1, 0.15) is 0 Å². The Labute approximate surface area is 148 Å². The fourth-order valence-corrected chi connectivity index (χ4v) is 2.66. The lowest BCUT2D eigenvalue weighted by Crippen LogP contribution is -2.30. The largest absolute Gasteiger partial charge is 0.396 e. The zero-order chi connectivity index (χ0) is 18.1. The monoisotopic (exact) mass is 340 g/mol. The quantitative estimate of drug-likeness (QED) is 0.691. The summed E-state index contributed by atoms with van der Waals surface area (Å²) in [6.07, 6.45) is 0.886. The van der Waals surface area contributed by atoms with Crippen LogP contribution in [0.15, 0.2) is 54.6 Å². The van der Waals surface area contributed by atoms with Crippen molar-refractivity contribution in [2.75, 3.05) is 18.5 Å². The van der Waals surface area contributed by atoms with E-state index in [1.165, 1.54) is 6.92 Å². The second kappa shape index (κ2) is 9.59. The predicted octanol–water partition coefficient (Wildman–Crippen LogP) is 2.47. The summed E-state index contributed by atoms with van der Waals surface area (Å²) in [4.78, 5) is 23.2. The first-order chi connectivity index (χ1) is 12.1. The highest BCUT2D eigenvalue weighted by Crippen LogP contribution is 2.18. The van der Waals surface area contributed by atoms with Crippen LogP contribution in [0.4, 0.5) is 5.69 Å². The first-order valence-electron chi connectivity index (χ1n) is 8.37. The molecule has 0 heterocycles. The Balaban J connectivity index is 1.87. The number of carbonyl (C=O) groups is 2. The molecule has 25 heavy (non-hydrogen) atoms. The Bertz CT molecular complexity index is 684. The summed E-state index contributed by atoms with van der Waals surface area (Å²) in [5.74, 6) is -0.0928. The van der Waals surface area contributed by atoms with Gasteiger partial charge in [-0.2, -0.15) is 0 Å². The number of amides is 2. The van der Waals surface area contributed by atoms with Crippen LogP contribution in [0.1, 0.15) is 30.4 Å². The first kappa shape index (κ1) is 18.7. The molecule has 0 saturated carbocycles. The predicted molar refractivity (Wildman–Crippen MR) is 98.3 cm³/mol. The van der Waals surface area contributed by atoms with Crippen molar-refractivity contribution in [1.82, 2.24) is 5.32 Å². The van der Waals surface area contributed by atoms with E-state index in [0.29, 0.717) is 18.7 Å². The van der Waals surface area contributed by atoms with Crippen molar-refractivity contribution in [3.05, 3.63) is 65.7 Å². The van der Waals surface area contributed by atoms with Gasteiger partial charge < -0.3 is 15.7 Å². The van der Waals surface area contributed by atoms with Crippen molar-refractivity contribution in [2.24, 2.45) is 0 Å². The number of rotatable bonds is 8. The van der Waals surface area contributed by atoms with Crippen molar-refractivity contribution in [3.63, 3.8) is 0 Å². The lowest BCUT2D eigenvalue weighted by molar-refractivity contribution is -0.120. The van der Waals surface area contributed by atoms with Crippen LogP contribution < -0.4 is 10.6 Å². The summed E-state index contributed by atoms with van der Waals surface area (Å²) in [6.45, 7) is 2.03. The van der Waals surface area contributed by atoms with E-state index >= 15 is 0 Å². The zero-order valence-electron chi connectivity index (χ0n) is 14.4. The van der Waals surface area contributed by atoms with Gasteiger partial charge >= 0.3 is 0 Å². The third-order valence-corrected chi connectivity index (χ3v) is 3.93. The van der Waals surface area contributed by atoms with Crippen molar-refractivity contribution in [3.8, 4) is 0 Å².